The number of nitrogens with zero attached hydrogens (tertiary/aromatic N) is 1. The van der Waals surface area contributed by atoms with Crippen LogP contribution < -0.4 is 5.32 Å². The van der Waals surface area contributed by atoms with E-state index < -0.39 is 0 Å². The minimum Gasteiger partial charge on any atom is -0.334 e. The highest BCUT2D eigenvalue weighted by molar-refractivity contribution is 5.48. The van der Waals surface area contributed by atoms with Crippen LogP contribution in [0.1, 0.15) is 0 Å². The standard InChI is InChI=1S/C7H11N2O/c10-5-9-3-6-1-8-2-7(6)4-9/h6-8H,1-4H2. The van der Waals surface area contributed by atoms with E-state index >= 15 is 0 Å². The summed E-state index contributed by atoms with van der Waals surface area (Å²) < 4.78 is 0. The molecule has 0 aromatic carbocycles. The average Bonchev–Trinajstić information content (AvgIpc) is 2.42. The molecule has 3 nitrogen and oxygen atoms in total. The topological polar surface area (TPSA) is 32.3 Å². The van der Waals surface area contributed by atoms with E-state index in [0.717, 1.165) is 26.2 Å². The summed E-state index contributed by atoms with van der Waals surface area (Å²) in [6, 6.07) is 0. The molecule has 2 saturated heterocycles. The molecule has 3 heteroatoms. The van der Waals surface area contributed by atoms with Gasteiger partial charge in [0.05, 0.1) is 0 Å². The van der Waals surface area contributed by atoms with Gasteiger partial charge in [-0.25, -0.2) is 0 Å². The minimum atomic E-state index is 0.710. The quantitative estimate of drug-likeness (QED) is 0.516. The Bertz CT molecular complexity index is 137. The largest absolute Gasteiger partial charge is 0.334 e. The second kappa shape index (κ2) is 2.23. The molecule has 1 N–H and O–H groups in total. The molecule has 2 heterocycles. The molecule has 0 aliphatic carbocycles. The van der Waals surface area contributed by atoms with Crippen LogP contribution in [0.15, 0.2) is 0 Å². The Balaban J connectivity index is 1.99. The van der Waals surface area contributed by atoms with Crippen LogP contribution >= 0.6 is 0 Å². The molecule has 0 aromatic rings. The van der Waals surface area contributed by atoms with E-state index in [0.29, 0.717) is 11.8 Å². The van der Waals surface area contributed by atoms with Gasteiger partial charge in [0.15, 0.2) is 0 Å². The highest BCUT2D eigenvalue weighted by Gasteiger charge is 2.35. The van der Waals surface area contributed by atoms with Crippen molar-refractivity contribution in [2.45, 2.75) is 0 Å². The van der Waals surface area contributed by atoms with Crippen molar-refractivity contribution in [1.29, 1.82) is 0 Å². The summed E-state index contributed by atoms with van der Waals surface area (Å²) in [7, 11) is 0. The zero-order chi connectivity index (χ0) is 6.97. The lowest BCUT2D eigenvalue weighted by molar-refractivity contribution is 0.415. The van der Waals surface area contributed by atoms with Crippen LogP contribution in [-0.2, 0) is 4.79 Å². The zero-order valence-corrected chi connectivity index (χ0v) is 5.84. The van der Waals surface area contributed by atoms with Gasteiger partial charge in [0.1, 0.15) is 0 Å². The molecular weight excluding hydrogens is 128 g/mol. The fourth-order valence-electron chi connectivity index (χ4n) is 1.93. The van der Waals surface area contributed by atoms with Crippen molar-refractivity contribution in [2.24, 2.45) is 11.8 Å². The summed E-state index contributed by atoms with van der Waals surface area (Å²) in [5, 5.41) is 3.31. The molecule has 2 unspecified atom stereocenters. The maximum absolute atomic E-state index is 10.2. The SMILES string of the molecule is O=[C]N1CC2CNCC2C1. The van der Waals surface area contributed by atoms with E-state index in [2.05, 4.69) is 5.32 Å². The van der Waals surface area contributed by atoms with Crippen molar-refractivity contribution in [2.75, 3.05) is 26.2 Å². The molecule has 2 aliphatic heterocycles. The third-order valence-corrected chi connectivity index (χ3v) is 2.52. The molecule has 2 atom stereocenters. The third kappa shape index (κ3) is 0.814. The second-order valence-corrected chi connectivity index (χ2v) is 3.17. The Labute approximate surface area is 60.4 Å². The number of likely N-dealkylation sites (tertiary alicyclic amines) is 1. The molecule has 0 saturated carbocycles. The first-order valence-electron chi connectivity index (χ1n) is 3.73. The maximum Gasteiger partial charge on any atom is 0.312 e. The van der Waals surface area contributed by atoms with E-state index in [1.165, 1.54) is 0 Å². The van der Waals surface area contributed by atoms with Crippen LogP contribution in [0, 0.1) is 11.8 Å². The maximum atomic E-state index is 10.2. The predicted molar refractivity (Wildman–Crippen MR) is 37.1 cm³/mol. The molecule has 0 aromatic heterocycles. The van der Waals surface area contributed by atoms with Crippen molar-refractivity contribution in [3.05, 3.63) is 0 Å². The number of carbonyl (C=O) groups excluding carboxylic acids is 1. The smallest absolute Gasteiger partial charge is 0.312 e. The van der Waals surface area contributed by atoms with Crippen LogP contribution in [0.5, 0.6) is 0 Å². The molecule has 55 valence electrons. The zero-order valence-electron chi connectivity index (χ0n) is 5.84. The van der Waals surface area contributed by atoms with Crippen molar-refractivity contribution in [1.82, 2.24) is 10.2 Å². The second-order valence-electron chi connectivity index (χ2n) is 3.17. The van der Waals surface area contributed by atoms with Crippen molar-refractivity contribution >= 4 is 6.41 Å². The summed E-state index contributed by atoms with van der Waals surface area (Å²) in [4.78, 5) is 12.0. The summed E-state index contributed by atoms with van der Waals surface area (Å²) >= 11 is 0. The van der Waals surface area contributed by atoms with Crippen molar-refractivity contribution < 1.29 is 4.79 Å². The van der Waals surface area contributed by atoms with Crippen LogP contribution in [0.25, 0.3) is 0 Å². The lowest BCUT2D eigenvalue weighted by atomic mass is 10.0. The van der Waals surface area contributed by atoms with Gasteiger partial charge in [-0.05, 0) is 11.8 Å². The molecule has 1 amide bonds. The number of hydrogen-bond donors (Lipinski definition) is 1. The molecular formula is C7H11N2O. The Morgan fingerprint density at radius 3 is 2.40 bits per heavy atom. The van der Waals surface area contributed by atoms with Gasteiger partial charge in [-0.2, -0.15) is 0 Å². The number of amides is 1. The predicted octanol–water partition coefficient (Wildman–Crippen LogP) is -0.795. The summed E-state index contributed by atoms with van der Waals surface area (Å²) in [5.41, 5.74) is 0. The third-order valence-electron chi connectivity index (χ3n) is 2.52. The minimum absolute atomic E-state index is 0.710. The van der Waals surface area contributed by atoms with E-state index in [4.69, 9.17) is 0 Å². The lowest BCUT2D eigenvalue weighted by Crippen LogP contribution is -2.24. The molecule has 2 aliphatic rings. The first-order chi connectivity index (χ1) is 4.90. The first kappa shape index (κ1) is 6.16. The number of nitrogens with one attached hydrogen (secondary N) is 1. The van der Waals surface area contributed by atoms with Gasteiger partial charge in [0, 0.05) is 26.2 Å². The van der Waals surface area contributed by atoms with Gasteiger partial charge in [-0.3, -0.25) is 4.79 Å². The van der Waals surface area contributed by atoms with E-state index in [9.17, 15) is 4.79 Å². The van der Waals surface area contributed by atoms with Gasteiger partial charge in [-0.1, -0.05) is 0 Å². The summed E-state index contributed by atoms with van der Waals surface area (Å²) in [5.74, 6) is 1.42. The van der Waals surface area contributed by atoms with Gasteiger partial charge >= 0.3 is 6.41 Å². The molecule has 1 radical (unpaired) electrons. The number of rotatable bonds is 1. The Morgan fingerprint density at radius 2 is 1.90 bits per heavy atom. The highest BCUT2D eigenvalue weighted by Crippen LogP contribution is 2.24. The summed E-state index contributed by atoms with van der Waals surface area (Å²) in [6.45, 7) is 4.01. The van der Waals surface area contributed by atoms with Gasteiger partial charge in [0.2, 0.25) is 0 Å². The Morgan fingerprint density at radius 1 is 1.30 bits per heavy atom. The van der Waals surface area contributed by atoms with Gasteiger partial charge in [-0.15, -0.1) is 0 Å². The van der Waals surface area contributed by atoms with Gasteiger partial charge in [0.25, 0.3) is 0 Å². The Kier molecular flexibility index (Phi) is 1.38. The van der Waals surface area contributed by atoms with Crippen molar-refractivity contribution in [3.63, 3.8) is 0 Å². The monoisotopic (exact) mass is 139 g/mol. The van der Waals surface area contributed by atoms with Crippen LogP contribution in [0.4, 0.5) is 0 Å². The van der Waals surface area contributed by atoms with Crippen LogP contribution in [0.2, 0.25) is 0 Å². The van der Waals surface area contributed by atoms with Crippen LogP contribution in [0.3, 0.4) is 0 Å². The van der Waals surface area contributed by atoms with E-state index in [-0.39, 0.29) is 0 Å². The fourth-order valence-corrected chi connectivity index (χ4v) is 1.93. The van der Waals surface area contributed by atoms with Crippen molar-refractivity contribution in [3.8, 4) is 0 Å². The van der Waals surface area contributed by atoms with Gasteiger partial charge < -0.3 is 10.2 Å². The molecule has 10 heavy (non-hydrogen) atoms. The molecule has 0 spiro atoms. The highest BCUT2D eigenvalue weighted by atomic mass is 16.1. The first-order valence-corrected chi connectivity index (χ1v) is 3.73. The Hall–Kier alpha value is -0.570. The summed E-state index contributed by atoms with van der Waals surface area (Å²) in [6.07, 6.45) is 1.95. The fraction of sp³-hybridized carbons (Fsp3) is 0.857. The van der Waals surface area contributed by atoms with E-state index in [1.54, 1.807) is 4.90 Å². The molecule has 0 bridgehead atoms. The van der Waals surface area contributed by atoms with E-state index in [1.807, 2.05) is 6.41 Å². The van der Waals surface area contributed by atoms with Crippen LogP contribution in [-0.4, -0.2) is 37.5 Å². The molecule has 2 fully saturated rings. The molecule has 2 rings (SSSR count). The normalized spacial score (nSPS) is 38.2. The number of hydrogen-bond acceptors (Lipinski definition) is 2. The number of fused-ring (bicyclic) bond motifs is 1. The average molecular weight is 139 g/mol. The lowest BCUT2D eigenvalue weighted by Gasteiger charge is -2.07.